The molecule has 0 aromatic heterocycles. The first-order chi connectivity index (χ1) is 12.2. The average Bonchev–Trinajstić information content (AvgIpc) is 2.67. The molecule has 2 heteroatoms. The maximum Gasteiger partial charge on any atom is 0.186 e. The second kappa shape index (κ2) is 7.63. The number of benzene rings is 3. The quantitative estimate of drug-likeness (QED) is 0.468. The summed E-state index contributed by atoms with van der Waals surface area (Å²) in [5, 5.41) is 0. The SMILES string of the molecule is COc1ccc(/C(=C/C(=O)c2ccc(C)cc2)c2ccccc2)cc1. The normalized spacial score (nSPS) is 11.2. The molecule has 0 saturated carbocycles. The van der Waals surface area contributed by atoms with E-state index in [1.165, 1.54) is 0 Å². The number of allylic oxidation sites excluding steroid dienone is 1. The highest BCUT2D eigenvalue weighted by Crippen LogP contribution is 2.26. The van der Waals surface area contributed by atoms with Crippen LogP contribution in [-0.2, 0) is 0 Å². The van der Waals surface area contributed by atoms with E-state index < -0.39 is 0 Å². The number of methoxy groups -OCH3 is 1. The van der Waals surface area contributed by atoms with Gasteiger partial charge in [0.05, 0.1) is 7.11 Å². The molecule has 0 aliphatic heterocycles. The molecule has 0 spiro atoms. The first-order valence-corrected chi connectivity index (χ1v) is 8.20. The number of hydrogen-bond acceptors (Lipinski definition) is 2. The third-order valence-corrected chi connectivity index (χ3v) is 4.10. The molecule has 0 heterocycles. The molecule has 2 nitrogen and oxygen atoms in total. The van der Waals surface area contributed by atoms with Gasteiger partial charge in [-0.05, 0) is 41.8 Å². The van der Waals surface area contributed by atoms with E-state index in [-0.39, 0.29) is 5.78 Å². The van der Waals surface area contributed by atoms with Crippen LogP contribution in [0.15, 0.2) is 84.9 Å². The summed E-state index contributed by atoms with van der Waals surface area (Å²) in [7, 11) is 1.64. The first kappa shape index (κ1) is 16.7. The van der Waals surface area contributed by atoms with E-state index in [1.807, 2.05) is 85.8 Å². The third kappa shape index (κ3) is 4.04. The molecule has 0 N–H and O–H groups in total. The number of carbonyl (C=O) groups excluding carboxylic acids is 1. The minimum Gasteiger partial charge on any atom is -0.497 e. The minimum atomic E-state index is -0.00493. The maximum atomic E-state index is 12.7. The summed E-state index contributed by atoms with van der Waals surface area (Å²) in [6, 6.07) is 25.3. The van der Waals surface area contributed by atoms with E-state index in [2.05, 4.69) is 0 Å². The van der Waals surface area contributed by atoms with Crippen LogP contribution in [0, 0.1) is 6.92 Å². The summed E-state index contributed by atoms with van der Waals surface area (Å²) in [6.07, 6.45) is 1.71. The third-order valence-electron chi connectivity index (χ3n) is 4.10. The summed E-state index contributed by atoms with van der Waals surface area (Å²) in [4.78, 5) is 12.7. The largest absolute Gasteiger partial charge is 0.497 e. The van der Waals surface area contributed by atoms with Crippen LogP contribution in [0.4, 0.5) is 0 Å². The highest BCUT2D eigenvalue weighted by atomic mass is 16.5. The van der Waals surface area contributed by atoms with Gasteiger partial charge in [-0.1, -0.05) is 72.3 Å². The zero-order valence-electron chi connectivity index (χ0n) is 14.4. The summed E-state index contributed by atoms with van der Waals surface area (Å²) >= 11 is 0. The van der Waals surface area contributed by atoms with Crippen molar-refractivity contribution < 1.29 is 9.53 Å². The van der Waals surface area contributed by atoms with Crippen molar-refractivity contribution in [2.45, 2.75) is 6.92 Å². The molecule has 25 heavy (non-hydrogen) atoms. The van der Waals surface area contributed by atoms with Crippen LogP contribution in [0.1, 0.15) is 27.0 Å². The minimum absolute atomic E-state index is 0.00493. The Hall–Kier alpha value is -3.13. The van der Waals surface area contributed by atoms with Crippen LogP contribution < -0.4 is 4.74 Å². The molecule has 0 radical (unpaired) electrons. The Morgan fingerprint density at radius 2 is 1.32 bits per heavy atom. The van der Waals surface area contributed by atoms with Gasteiger partial charge < -0.3 is 4.74 Å². The van der Waals surface area contributed by atoms with E-state index >= 15 is 0 Å². The van der Waals surface area contributed by atoms with Gasteiger partial charge in [0, 0.05) is 5.56 Å². The Labute approximate surface area is 148 Å². The van der Waals surface area contributed by atoms with Crippen LogP contribution in [-0.4, -0.2) is 12.9 Å². The Morgan fingerprint density at radius 3 is 1.92 bits per heavy atom. The molecule has 0 aliphatic rings. The highest BCUT2D eigenvalue weighted by Gasteiger charge is 2.10. The number of aryl methyl sites for hydroxylation is 1. The second-order valence-corrected chi connectivity index (χ2v) is 5.88. The van der Waals surface area contributed by atoms with Gasteiger partial charge in [-0.3, -0.25) is 4.79 Å². The van der Waals surface area contributed by atoms with Crippen molar-refractivity contribution in [2.24, 2.45) is 0 Å². The Kier molecular flexibility index (Phi) is 5.10. The second-order valence-electron chi connectivity index (χ2n) is 5.88. The van der Waals surface area contributed by atoms with E-state index in [4.69, 9.17) is 4.74 Å². The molecule has 3 aromatic carbocycles. The number of hydrogen-bond donors (Lipinski definition) is 0. The fourth-order valence-electron chi connectivity index (χ4n) is 2.65. The zero-order valence-corrected chi connectivity index (χ0v) is 14.4. The van der Waals surface area contributed by atoms with Crippen molar-refractivity contribution in [3.63, 3.8) is 0 Å². The van der Waals surface area contributed by atoms with E-state index in [0.717, 1.165) is 28.0 Å². The summed E-state index contributed by atoms with van der Waals surface area (Å²) in [5.41, 5.74) is 4.71. The maximum absolute atomic E-state index is 12.7. The van der Waals surface area contributed by atoms with E-state index in [9.17, 15) is 4.79 Å². The van der Waals surface area contributed by atoms with Crippen molar-refractivity contribution in [2.75, 3.05) is 7.11 Å². The predicted molar refractivity (Wildman–Crippen MR) is 102 cm³/mol. The predicted octanol–water partition coefficient (Wildman–Crippen LogP) is 5.32. The molecule has 3 rings (SSSR count). The highest BCUT2D eigenvalue weighted by molar-refractivity contribution is 6.10. The molecule has 124 valence electrons. The number of ketones is 1. The summed E-state index contributed by atoms with van der Waals surface area (Å²) in [5.74, 6) is 0.788. The van der Waals surface area contributed by atoms with Gasteiger partial charge in [-0.25, -0.2) is 0 Å². The van der Waals surface area contributed by atoms with Crippen LogP contribution >= 0.6 is 0 Å². The van der Waals surface area contributed by atoms with Gasteiger partial charge in [0.25, 0.3) is 0 Å². The lowest BCUT2D eigenvalue weighted by atomic mass is 9.95. The Bertz CT molecular complexity index is 874. The topological polar surface area (TPSA) is 26.3 Å². The molecular weight excluding hydrogens is 308 g/mol. The smallest absolute Gasteiger partial charge is 0.186 e. The fraction of sp³-hybridized carbons (Fsp3) is 0.0870. The van der Waals surface area contributed by atoms with Crippen LogP contribution in [0.5, 0.6) is 5.75 Å². The van der Waals surface area contributed by atoms with Crippen LogP contribution in [0.2, 0.25) is 0 Å². The molecular formula is C23H20O2. The van der Waals surface area contributed by atoms with Crippen molar-refractivity contribution in [1.29, 1.82) is 0 Å². The lowest BCUT2D eigenvalue weighted by Crippen LogP contribution is -1.98. The average molecular weight is 328 g/mol. The van der Waals surface area contributed by atoms with E-state index in [1.54, 1.807) is 13.2 Å². The van der Waals surface area contributed by atoms with E-state index in [0.29, 0.717) is 5.56 Å². The monoisotopic (exact) mass is 328 g/mol. The first-order valence-electron chi connectivity index (χ1n) is 8.20. The van der Waals surface area contributed by atoms with Gasteiger partial charge in [0.15, 0.2) is 5.78 Å². The number of carbonyl (C=O) groups is 1. The van der Waals surface area contributed by atoms with Gasteiger partial charge in [0.1, 0.15) is 5.75 Å². The zero-order chi connectivity index (χ0) is 17.6. The summed E-state index contributed by atoms with van der Waals surface area (Å²) in [6.45, 7) is 2.01. The van der Waals surface area contributed by atoms with Gasteiger partial charge in [0.2, 0.25) is 0 Å². The fourth-order valence-corrected chi connectivity index (χ4v) is 2.65. The molecule has 0 bridgehead atoms. The molecule has 0 saturated heterocycles. The molecule has 0 fully saturated rings. The lowest BCUT2D eigenvalue weighted by molar-refractivity contribution is 0.104. The molecule has 0 atom stereocenters. The van der Waals surface area contributed by atoms with Gasteiger partial charge >= 0.3 is 0 Å². The van der Waals surface area contributed by atoms with Crippen molar-refractivity contribution >= 4 is 11.4 Å². The molecule has 3 aromatic rings. The summed E-state index contributed by atoms with van der Waals surface area (Å²) < 4.78 is 5.23. The lowest BCUT2D eigenvalue weighted by Gasteiger charge is -2.10. The number of ether oxygens (including phenoxy) is 1. The van der Waals surface area contributed by atoms with Crippen molar-refractivity contribution in [1.82, 2.24) is 0 Å². The van der Waals surface area contributed by atoms with Crippen LogP contribution in [0.3, 0.4) is 0 Å². The molecule has 0 unspecified atom stereocenters. The van der Waals surface area contributed by atoms with Crippen molar-refractivity contribution in [3.8, 4) is 5.75 Å². The van der Waals surface area contributed by atoms with Crippen molar-refractivity contribution in [3.05, 3.63) is 107 Å². The standard InChI is InChI=1S/C23H20O2/c1-17-8-10-20(11-9-17)23(24)16-22(18-6-4-3-5-7-18)19-12-14-21(25-2)15-13-19/h3-16H,1-2H3/b22-16+. The number of rotatable bonds is 5. The van der Waals surface area contributed by atoms with Crippen LogP contribution in [0.25, 0.3) is 5.57 Å². The molecule has 0 amide bonds. The Balaban J connectivity index is 2.04. The van der Waals surface area contributed by atoms with Gasteiger partial charge in [-0.2, -0.15) is 0 Å². The Morgan fingerprint density at radius 1 is 0.760 bits per heavy atom. The van der Waals surface area contributed by atoms with Gasteiger partial charge in [-0.15, -0.1) is 0 Å². The molecule has 0 aliphatic carbocycles.